The molecule has 1 amide bonds. The van der Waals surface area contributed by atoms with Gasteiger partial charge in [-0.3, -0.25) is 19.2 Å². The standard InChI is InChI=1S/C67H65N7O4/c1-65(2,3)62(76)44-23-13-10-20-41(44)58-49-29-31-51(69-49)59(42-21-11-14-24-45(42)63(77)66(4,5)6)53-33-35-55(71-53)61(47-26-16-17-27-48(47)73-57(75)28-18-19-38-74-39-37-68-40-74)56-36-34-54(72-56)60(52-32-30-50(58)70-52)43-22-12-15-25-46(43)64(78)67(7,8)9/h10-17,20-27,29-37,39-40,69,72H,18-19,28,38H2,1-9H3,(H,73,75). The molecule has 78 heavy (non-hydrogen) atoms. The highest BCUT2D eigenvalue weighted by atomic mass is 16.2. The van der Waals surface area contributed by atoms with Gasteiger partial charge in [0.2, 0.25) is 5.91 Å². The van der Waals surface area contributed by atoms with Crippen molar-refractivity contribution >= 4 is 75.3 Å². The molecule has 3 N–H and O–H groups in total. The van der Waals surface area contributed by atoms with Crippen molar-refractivity contribution < 1.29 is 19.2 Å². The third-order valence-electron chi connectivity index (χ3n) is 14.2. The first-order valence-electron chi connectivity index (χ1n) is 26.7. The summed E-state index contributed by atoms with van der Waals surface area (Å²) < 4.78 is 2.01. The Bertz CT molecular complexity index is 3850. The van der Waals surface area contributed by atoms with Crippen LogP contribution in [0.3, 0.4) is 0 Å². The molecule has 10 rings (SSSR count). The number of imidazole rings is 1. The summed E-state index contributed by atoms with van der Waals surface area (Å²) in [7, 11) is 0. The number of H-pyrrole nitrogens is 2. The van der Waals surface area contributed by atoms with Crippen LogP contribution < -0.4 is 5.32 Å². The number of rotatable bonds is 13. The second-order valence-corrected chi connectivity index (χ2v) is 23.2. The molecule has 8 bridgehead atoms. The van der Waals surface area contributed by atoms with E-state index in [1.165, 1.54) is 0 Å². The van der Waals surface area contributed by atoms with Crippen LogP contribution >= 0.6 is 0 Å². The number of hydrogen-bond acceptors (Lipinski definition) is 7. The predicted molar refractivity (Wildman–Crippen MR) is 317 cm³/mol. The summed E-state index contributed by atoms with van der Waals surface area (Å²) in [5, 5.41) is 3.25. The first-order valence-corrected chi connectivity index (χ1v) is 26.7. The molecule has 2 aliphatic rings. The Balaban J connectivity index is 1.32. The van der Waals surface area contributed by atoms with Crippen LogP contribution in [0.5, 0.6) is 0 Å². The van der Waals surface area contributed by atoms with Gasteiger partial charge in [-0.15, -0.1) is 0 Å². The lowest BCUT2D eigenvalue weighted by atomic mass is 9.83. The van der Waals surface area contributed by atoms with Crippen LogP contribution in [-0.2, 0) is 11.3 Å². The Morgan fingerprint density at radius 2 is 0.821 bits per heavy atom. The fourth-order valence-corrected chi connectivity index (χ4v) is 10.3. The summed E-state index contributed by atoms with van der Waals surface area (Å²) in [5.74, 6) is -0.190. The number of anilines is 1. The van der Waals surface area contributed by atoms with Crippen molar-refractivity contribution in [3.63, 3.8) is 0 Å². The number of amides is 1. The third kappa shape index (κ3) is 10.5. The lowest BCUT2D eigenvalue weighted by Crippen LogP contribution is -2.21. The van der Waals surface area contributed by atoms with Crippen molar-refractivity contribution in [3.8, 4) is 44.5 Å². The van der Waals surface area contributed by atoms with Gasteiger partial charge in [0.1, 0.15) is 0 Å². The van der Waals surface area contributed by atoms with E-state index in [9.17, 15) is 19.2 Å². The molecule has 4 aromatic carbocycles. The molecular weight excluding hydrogens is 967 g/mol. The summed E-state index contributed by atoms with van der Waals surface area (Å²) in [6.45, 7) is 18.1. The van der Waals surface area contributed by atoms with Crippen LogP contribution in [0.4, 0.5) is 5.69 Å². The van der Waals surface area contributed by atoms with Crippen molar-refractivity contribution in [1.82, 2.24) is 29.5 Å². The summed E-state index contributed by atoms with van der Waals surface area (Å²) in [5.41, 5.74) is 10.9. The second kappa shape index (κ2) is 20.9. The molecule has 4 aromatic heterocycles. The van der Waals surface area contributed by atoms with E-state index in [0.717, 1.165) is 18.5 Å². The molecule has 11 heteroatoms. The van der Waals surface area contributed by atoms with E-state index in [1.807, 2.05) is 219 Å². The van der Waals surface area contributed by atoms with E-state index < -0.39 is 16.2 Å². The molecule has 2 aliphatic heterocycles. The van der Waals surface area contributed by atoms with Gasteiger partial charge >= 0.3 is 0 Å². The molecule has 0 saturated heterocycles. The third-order valence-corrected chi connectivity index (χ3v) is 14.2. The van der Waals surface area contributed by atoms with Crippen molar-refractivity contribution in [1.29, 1.82) is 0 Å². The average molecular weight is 1030 g/mol. The summed E-state index contributed by atoms with van der Waals surface area (Å²) in [4.78, 5) is 80.2. The molecule has 392 valence electrons. The number of aryl methyl sites for hydroxylation is 1. The second-order valence-electron chi connectivity index (χ2n) is 23.2. The fraction of sp³-hybridized carbons (Fsp3) is 0.239. The first kappa shape index (κ1) is 52.6. The van der Waals surface area contributed by atoms with E-state index in [-0.39, 0.29) is 23.3 Å². The van der Waals surface area contributed by atoms with Gasteiger partial charge in [-0.25, -0.2) is 15.0 Å². The van der Waals surface area contributed by atoms with Crippen molar-refractivity contribution in [2.24, 2.45) is 16.2 Å². The molecule has 6 heterocycles. The van der Waals surface area contributed by atoms with Gasteiger partial charge in [0.15, 0.2) is 17.3 Å². The Hall–Kier alpha value is -8.83. The summed E-state index contributed by atoms with van der Waals surface area (Å²) in [6.07, 6.45) is 15.2. The maximum absolute atomic E-state index is 14.5. The number of Topliss-reactive ketones (excluding diaryl/α,β-unsaturated/α-hetero) is 3. The molecule has 0 unspecified atom stereocenters. The average Bonchev–Trinajstić information content (AvgIpc) is 4.33. The van der Waals surface area contributed by atoms with E-state index in [1.54, 1.807) is 12.5 Å². The number of aromatic nitrogens is 6. The lowest BCUT2D eigenvalue weighted by Gasteiger charge is -2.20. The minimum atomic E-state index is -0.706. The Morgan fingerprint density at radius 1 is 0.462 bits per heavy atom. The highest BCUT2D eigenvalue weighted by Gasteiger charge is 2.31. The molecule has 0 atom stereocenters. The zero-order chi connectivity index (χ0) is 55.1. The van der Waals surface area contributed by atoms with Crippen molar-refractivity contribution in [3.05, 3.63) is 180 Å². The van der Waals surface area contributed by atoms with E-state index in [4.69, 9.17) is 9.97 Å². The normalized spacial score (nSPS) is 12.5. The fourth-order valence-electron chi connectivity index (χ4n) is 10.3. The summed E-state index contributed by atoms with van der Waals surface area (Å²) >= 11 is 0. The first-order chi connectivity index (χ1) is 37.3. The number of nitrogens with one attached hydrogen (secondary N) is 3. The monoisotopic (exact) mass is 1030 g/mol. The molecule has 0 aliphatic carbocycles. The number of carbonyl (C=O) groups excluding carboxylic acids is 4. The number of benzene rings is 4. The molecule has 0 radical (unpaired) electrons. The maximum Gasteiger partial charge on any atom is 0.224 e. The van der Waals surface area contributed by atoms with Gasteiger partial charge in [-0.05, 0) is 84.2 Å². The number of aromatic amines is 2. The van der Waals surface area contributed by atoms with Gasteiger partial charge in [-0.1, -0.05) is 153 Å². The van der Waals surface area contributed by atoms with Crippen LogP contribution in [0, 0.1) is 16.2 Å². The van der Waals surface area contributed by atoms with E-state index >= 15 is 0 Å². The number of fused-ring (bicyclic) bond motifs is 8. The van der Waals surface area contributed by atoms with Gasteiger partial charge in [0.25, 0.3) is 0 Å². The van der Waals surface area contributed by atoms with Crippen LogP contribution in [0.25, 0.3) is 90.9 Å². The van der Waals surface area contributed by atoms with Crippen LogP contribution in [0.2, 0.25) is 0 Å². The zero-order valence-corrected chi connectivity index (χ0v) is 45.8. The molecule has 8 aromatic rings. The SMILES string of the molecule is CC(C)(C)C(=O)c1ccccc1-c1c2nc(c(-c3ccccc3C(=O)C(C)(C)C)c3ccc([nH]3)c(-c3ccccc3C(=O)C(C)(C)C)c3nc(c(-c4ccccc4NC(=O)CCCCn4ccnc4)c4ccc1[nH]4)C=C3)C=C2. The Kier molecular flexibility index (Phi) is 14.1. The topological polar surface area (TPSA) is 155 Å². The quantitative estimate of drug-likeness (QED) is 0.0767. The Morgan fingerprint density at radius 3 is 1.19 bits per heavy atom. The molecular formula is C67H65N7O4. The van der Waals surface area contributed by atoms with Gasteiger partial charge < -0.3 is 19.9 Å². The molecule has 0 saturated carbocycles. The number of carbonyl (C=O) groups is 4. The van der Waals surface area contributed by atoms with E-state index in [0.29, 0.717) is 119 Å². The number of para-hydroxylation sites is 1. The molecule has 11 nitrogen and oxygen atoms in total. The van der Waals surface area contributed by atoms with Gasteiger partial charge in [0.05, 0.1) is 29.1 Å². The van der Waals surface area contributed by atoms with Gasteiger partial charge in [0, 0.05) is 114 Å². The number of nitrogens with zero attached hydrogens (tertiary/aromatic N) is 4. The lowest BCUT2D eigenvalue weighted by molar-refractivity contribution is -0.116. The van der Waals surface area contributed by atoms with Crippen LogP contribution in [-0.4, -0.2) is 52.7 Å². The molecule has 0 fully saturated rings. The number of hydrogen-bond donors (Lipinski definition) is 3. The number of unbranched alkanes of at least 4 members (excludes halogenated alkanes) is 1. The van der Waals surface area contributed by atoms with Gasteiger partial charge in [-0.2, -0.15) is 0 Å². The highest BCUT2D eigenvalue weighted by molar-refractivity contribution is 6.12. The Labute approximate surface area is 455 Å². The smallest absolute Gasteiger partial charge is 0.224 e. The maximum atomic E-state index is 14.5. The van der Waals surface area contributed by atoms with Crippen LogP contribution in [0.1, 0.15) is 135 Å². The highest BCUT2D eigenvalue weighted by Crippen LogP contribution is 2.43. The predicted octanol–water partition coefficient (Wildman–Crippen LogP) is 16.0. The van der Waals surface area contributed by atoms with Crippen molar-refractivity contribution in [2.45, 2.75) is 88.1 Å². The minimum Gasteiger partial charge on any atom is -0.354 e. The number of ketones is 3. The largest absolute Gasteiger partial charge is 0.354 e. The molecule has 0 spiro atoms. The van der Waals surface area contributed by atoms with Crippen LogP contribution in [0.15, 0.2) is 140 Å². The minimum absolute atomic E-state index is 0.0257. The van der Waals surface area contributed by atoms with Crippen molar-refractivity contribution in [2.75, 3.05) is 5.32 Å². The zero-order valence-electron chi connectivity index (χ0n) is 45.8. The summed E-state index contributed by atoms with van der Waals surface area (Å²) in [6, 6.07) is 38.8. The van der Waals surface area contributed by atoms with E-state index in [2.05, 4.69) is 20.3 Å².